The van der Waals surface area contributed by atoms with E-state index >= 15 is 0 Å². The van der Waals surface area contributed by atoms with Gasteiger partial charge in [0.15, 0.2) is 5.82 Å². The number of aryl methyl sites for hydroxylation is 1. The highest BCUT2D eigenvalue weighted by atomic mass is 32.1. The summed E-state index contributed by atoms with van der Waals surface area (Å²) in [5.41, 5.74) is 2.76. The van der Waals surface area contributed by atoms with Crippen molar-refractivity contribution in [3.05, 3.63) is 23.5 Å². The van der Waals surface area contributed by atoms with Gasteiger partial charge in [0.2, 0.25) is 0 Å². The van der Waals surface area contributed by atoms with Gasteiger partial charge in [0.1, 0.15) is 5.82 Å². The molecule has 0 aliphatic carbocycles. The van der Waals surface area contributed by atoms with E-state index in [0.29, 0.717) is 0 Å². The summed E-state index contributed by atoms with van der Waals surface area (Å²) in [6.07, 6.45) is 2.88. The molecule has 0 bridgehead atoms. The molecule has 2 rings (SSSR count). The molecule has 0 saturated heterocycles. The Morgan fingerprint density at radius 2 is 2.25 bits per heavy atom. The normalized spacial score (nSPS) is 10.4. The van der Waals surface area contributed by atoms with Gasteiger partial charge in [0, 0.05) is 24.5 Å². The first-order valence-electron chi connectivity index (χ1n) is 5.28. The first kappa shape index (κ1) is 11.0. The van der Waals surface area contributed by atoms with E-state index in [1.165, 1.54) is 0 Å². The molecule has 2 aromatic heterocycles. The molecule has 0 unspecified atom stereocenters. The average molecular weight is 234 g/mol. The number of aromatic nitrogens is 3. The van der Waals surface area contributed by atoms with E-state index in [2.05, 4.69) is 27.2 Å². The quantitative estimate of drug-likeness (QED) is 0.883. The van der Waals surface area contributed by atoms with Gasteiger partial charge < -0.3 is 5.32 Å². The number of hydrogen-bond acceptors (Lipinski definition) is 5. The zero-order valence-corrected chi connectivity index (χ0v) is 10.2. The topological polar surface area (TPSA) is 50.7 Å². The second-order valence-corrected chi connectivity index (χ2v) is 4.40. The van der Waals surface area contributed by atoms with Crippen LogP contribution in [0.1, 0.15) is 19.0 Å². The highest BCUT2D eigenvalue weighted by Crippen LogP contribution is 2.21. The zero-order valence-electron chi connectivity index (χ0n) is 9.40. The summed E-state index contributed by atoms with van der Waals surface area (Å²) in [7, 11) is 0. The SMILES string of the molecule is CCCNc1cc(C)nc(-c2cncs2)n1. The van der Waals surface area contributed by atoms with Crippen LogP contribution in [0, 0.1) is 6.92 Å². The molecule has 1 N–H and O–H groups in total. The van der Waals surface area contributed by atoms with E-state index in [4.69, 9.17) is 0 Å². The maximum Gasteiger partial charge on any atom is 0.173 e. The average Bonchev–Trinajstić information content (AvgIpc) is 2.79. The van der Waals surface area contributed by atoms with Gasteiger partial charge >= 0.3 is 0 Å². The van der Waals surface area contributed by atoms with Gasteiger partial charge in [0.05, 0.1) is 10.4 Å². The minimum atomic E-state index is 0.751. The lowest BCUT2D eigenvalue weighted by Gasteiger charge is -2.06. The van der Waals surface area contributed by atoms with Gasteiger partial charge in [-0.3, -0.25) is 4.98 Å². The molecule has 0 amide bonds. The molecule has 2 heterocycles. The van der Waals surface area contributed by atoms with E-state index in [9.17, 15) is 0 Å². The lowest BCUT2D eigenvalue weighted by Crippen LogP contribution is -2.04. The second kappa shape index (κ2) is 5.03. The fourth-order valence-electron chi connectivity index (χ4n) is 1.35. The van der Waals surface area contributed by atoms with Gasteiger partial charge in [-0.2, -0.15) is 0 Å². The van der Waals surface area contributed by atoms with Crippen LogP contribution in [-0.2, 0) is 0 Å². The molecule has 84 valence electrons. The van der Waals surface area contributed by atoms with Crippen LogP contribution >= 0.6 is 11.3 Å². The van der Waals surface area contributed by atoms with Gasteiger partial charge in [0.25, 0.3) is 0 Å². The van der Waals surface area contributed by atoms with E-state index in [1.54, 1.807) is 23.0 Å². The number of hydrogen-bond donors (Lipinski definition) is 1. The fourth-order valence-corrected chi connectivity index (χ4v) is 1.90. The van der Waals surface area contributed by atoms with Crippen LogP contribution in [-0.4, -0.2) is 21.5 Å². The van der Waals surface area contributed by atoms with Crippen molar-refractivity contribution in [3.63, 3.8) is 0 Å². The van der Waals surface area contributed by atoms with Crippen LogP contribution in [0.3, 0.4) is 0 Å². The van der Waals surface area contributed by atoms with Gasteiger partial charge in [-0.05, 0) is 13.3 Å². The Morgan fingerprint density at radius 1 is 1.38 bits per heavy atom. The van der Waals surface area contributed by atoms with Crippen molar-refractivity contribution in [3.8, 4) is 10.7 Å². The van der Waals surface area contributed by atoms with Crippen molar-refractivity contribution in [2.45, 2.75) is 20.3 Å². The summed E-state index contributed by atoms with van der Waals surface area (Å²) in [5.74, 6) is 1.64. The molecule has 0 aliphatic heterocycles. The third-order valence-electron chi connectivity index (χ3n) is 2.06. The highest BCUT2D eigenvalue weighted by Gasteiger charge is 2.05. The summed E-state index contributed by atoms with van der Waals surface area (Å²) in [6, 6.07) is 1.96. The third-order valence-corrected chi connectivity index (χ3v) is 2.83. The molecule has 0 radical (unpaired) electrons. The maximum atomic E-state index is 4.46. The smallest absolute Gasteiger partial charge is 0.173 e. The summed E-state index contributed by atoms with van der Waals surface area (Å²) < 4.78 is 0. The number of nitrogens with zero attached hydrogens (tertiary/aromatic N) is 3. The molecule has 0 atom stereocenters. The van der Waals surface area contributed by atoms with Crippen LogP contribution in [0.4, 0.5) is 5.82 Å². The first-order chi connectivity index (χ1) is 7.79. The van der Waals surface area contributed by atoms with Crippen LogP contribution in [0.5, 0.6) is 0 Å². The summed E-state index contributed by atoms with van der Waals surface area (Å²) >= 11 is 1.55. The van der Waals surface area contributed by atoms with E-state index in [-0.39, 0.29) is 0 Å². The second-order valence-electron chi connectivity index (χ2n) is 3.51. The Hall–Kier alpha value is -1.49. The van der Waals surface area contributed by atoms with Crippen LogP contribution in [0.15, 0.2) is 17.8 Å². The Bertz CT molecular complexity index is 453. The summed E-state index contributed by atoms with van der Waals surface area (Å²) in [6.45, 7) is 5.03. The highest BCUT2D eigenvalue weighted by molar-refractivity contribution is 7.13. The lowest BCUT2D eigenvalue weighted by molar-refractivity contribution is 0.963. The predicted molar refractivity (Wildman–Crippen MR) is 66.7 cm³/mol. The first-order valence-corrected chi connectivity index (χ1v) is 6.16. The Balaban J connectivity index is 2.29. The third kappa shape index (κ3) is 2.55. The van der Waals surface area contributed by atoms with Crippen LogP contribution < -0.4 is 5.32 Å². The van der Waals surface area contributed by atoms with Crippen molar-refractivity contribution in [1.82, 2.24) is 15.0 Å². The molecule has 0 fully saturated rings. The molecule has 0 saturated carbocycles. The molecule has 2 aromatic rings. The van der Waals surface area contributed by atoms with Crippen molar-refractivity contribution in [2.24, 2.45) is 0 Å². The van der Waals surface area contributed by atoms with Gasteiger partial charge in [-0.25, -0.2) is 9.97 Å². The minimum absolute atomic E-state index is 0.751. The number of rotatable bonds is 4. The minimum Gasteiger partial charge on any atom is -0.370 e. The molecular formula is C11H14N4S. The largest absolute Gasteiger partial charge is 0.370 e. The fraction of sp³-hybridized carbons (Fsp3) is 0.364. The van der Waals surface area contributed by atoms with Crippen LogP contribution in [0.2, 0.25) is 0 Å². The van der Waals surface area contributed by atoms with Gasteiger partial charge in [-0.1, -0.05) is 6.92 Å². The van der Waals surface area contributed by atoms with Crippen LogP contribution in [0.25, 0.3) is 10.7 Å². The zero-order chi connectivity index (χ0) is 11.4. The Labute approximate surface area is 98.8 Å². The molecule has 5 heteroatoms. The lowest BCUT2D eigenvalue weighted by atomic mass is 10.4. The summed E-state index contributed by atoms with van der Waals surface area (Å²) in [5, 5.41) is 3.27. The predicted octanol–water partition coefficient (Wildman–Crippen LogP) is 2.73. The number of nitrogens with one attached hydrogen (secondary N) is 1. The maximum absolute atomic E-state index is 4.46. The molecule has 0 aliphatic rings. The van der Waals surface area contributed by atoms with E-state index < -0.39 is 0 Å². The summed E-state index contributed by atoms with van der Waals surface area (Å²) in [4.78, 5) is 13.9. The van der Waals surface area contributed by atoms with Gasteiger partial charge in [-0.15, -0.1) is 11.3 Å². The molecule has 4 nitrogen and oxygen atoms in total. The van der Waals surface area contributed by atoms with Crippen molar-refractivity contribution in [2.75, 3.05) is 11.9 Å². The van der Waals surface area contributed by atoms with Crippen molar-refractivity contribution in [1.29, 1.82) is 0 Å². The number of anilines is 1. The van der Waals surface area contributed by atoms with Crippen molar-refractivity contribution < 1.29 is 0 Å². The molecule has 0 spiro atoms. The van der Waals surface area contributed by atoms with E-state index in [0.717, 1.165) is 35.2 Å². The Morgan fingerprint density at radius 3 is 2.94 bits per heavy atom. The number of thiazole rings is 1. The monoisotopic (exact) mass is 234 g/mol. The van der Waals surface area contributed by atoms with E-state index in [1.807, 2.05) is 13.0 Å². The van der Waals surface area contributed by atoms with Crippen molar-refractivity contribution >= 4 is 17.2 Å². The molecular weight excluding hydrogens is 220 g/mol. The molecule has 0 aromatic carbocycles. The molecule has 16 heavy (non-hydrogen) atoms. The Kier molecular flexibility index (Phi) is 3.46. The standard InChI is InChI=1S/C11H14N4S/c1-3-4-13-10-5-8(2)14-11(15-10)9-6-12-7-16-9/h5-7H,3-4H2,1-2H3,(H,13,14,15).